The lowest BCUT2D eigenvalue weighted by atomic mass is 9.92. The summed E-state index contributed by atoms with van der Waals surface area (Å²) in [5, 5.41) is 12.1. The number of hydrogen-bond donors (Lipinski definition) is 4. The third-order valence-electron chi connectivity index (χ3n) is 3.80. The first-order valence-electron chi connectivity index (χ1n) is 7.53. The molecule has 0 atom stereocenters. The minimum atomic E-state index is -3.67. The van der Waals surface area contributed by atoms with Crippen molar-refractivity contribution in [2.75, 3.05) is 30.8 Å². The second-order valence-corrected chi connectivity index (χ2v) is 5.98. The van der Waals surface area contributed by atoms with Gasteiger partial charge in [-0.05, 0) is 30.7 Å². The summed E-state index contributed by atoms with van der Waals surface area (Å²) in [5.74, 6) is -3.50. The Morgan fingerprint density at radius 3 is 2.69 bits per heavy atom. The maximum atomic E-state index is 14.2. The Hall–Kier alpha value is -1.97. The van der Waals surface area contributed by atoms with Crippen LogP contribution in [0.5, 0.6) is 0 Å². The molecular formula is C15H17Cl2F3N6. The Morgan fingerprint density at radius 2 is 2.12 bits per heavy atom. The van der Waals surface area contributed by atoms with Crippen LogP contribution < -0.4 is 16.4 Å². The van der Waals surface area contributed by atoms with Crippen LogP contribution >= 0.6 is 24.0 Å². The van der Waals surface area contributed by atoms with Crippen molar-refractivity contribution in [1.82, 2.24) is 20.5 Å². The molecule has 0 saturated carbocycles. The quantitative estimate of drug-likeness (QED) is 0.605. The van der Waals surface area contributed by atoms with Gasteiger partial charge in [-0.3, -0.25) is 0 Å². The number of nitrogens with one attached hydrogen (secondary N) is 3. The molecule has 1 aromatic carbocycles. The molecular weight excluding hydrogens is 392 g/mol. The first kappa shape index (κ1) is 20.3. The van der Waals surface area contributed by atoms with Gasteiger partial charge >= 0.3 is 5.92 Å². The second-order valence-electron chi connectivity index (χ2n) is 5.57. The largest absolute Gasteiger partial charge is 0.368 e. The smallest absolute Gasteiger partial charge is 0.301 e. The Bertz CT molecular complexity index is 809. The van der Waals surface area contributed by atoms with Crippen LogP contribution in [0.2, 0.25) is 5.02 Å². The molecule has 5 N–H and O–H groups in total. The summed E-state index contributed by atoms with van der Waals surface area (Å²) < 4.78 is 41.5. The summed E-state index contributed by atoms with van der Waals surface area (Å²) in [5.41, 5.74) is 6.01. The Labute approximate surface area is 158 Å². The highest BCUT2D eigenvalue weighted by atomic mass is 35.5. The van der Waals surface area contributed by atoms with Gasteiger partial charge in [-0.15, -0.1) is 17.5 Å². The van der Waals surface area contributed by atoms with Crippen molar-refractivity contribution >= 4 is 47.2 Å². The van der Waals surface area contributed by atoms with E-state index in [1.54, 1.807) is 6.08 Å². The second kappa shape index (κ2) is 8.15. The molecule has 26 heavy (non-hydrogen) atoms. The zero-order chi connectivity index (χ0) is 18.0. The number of rotatable bonds is 5. The van der Waals surface area contributed by atoms with Crippen LogP contribution in [0.15, 0.2) is 18.2 Å². The zero-order valence-corrected chi connectivity index (χ0v) is 15.0. The highest BCUT2D eigenvalue weighted by molar-refractivity contribution is 6.32. The highest BCUT2D eigenvalue weighted by Gasteiger charge is 2.36. The number of benzene rings is 1. The van der Waals surface area contributed by atoms with E-state index < -0.39 is 18.2 Å². The lowest BCUT2D eigenvalue weighted by molar-refractivity contribution is -0.0282. The van der Waals surface area contributed by atoms with Crippen LogP contribution in [-0.4, -0.2) is 34.9 Å². The number of anilines is 3. The zero-order valence-electron chi connectivity index (χ0n) is 13.5. The van der Waals surface area contributed by atoms with Crippen molar-refractivity contribution in [2.24, 2.45) is 0 Å². The van der Waals surface area contributed by atoms with Crippen molar-refractivity contribution < 1.29 is 13.2 Å². The minimum Gasteiger partial charge on any atom is -0.368 e. The molecule has 0 amide bonds. The van der Waals surface area contributed by atoms with Crippen molar-refractivity contribution in [2.45, 2.75) is 12.3 Å². The molecule has 0 unspecified atom stereocenters. The SMILES string of the molecule is Cl.Nc1nc(Nc2cc(Cl)c(C3=CCNCC3)c(C(F)(F)CF)c2)n[nH]1. The molecule has 11 heteroatoms. The third-order valence-corrected chi connectivity index (χ3v) is 4.09. The molecule has 0 bridgehead atoms. The van der Waals surface area contributed by atoms with Gasteiger partial charge in [0, 0.05) is 23.4 Å². The van der Waals surface area contributed by atoms with Gasteiger partial charge < -0.3 is 16.4 Å². The molecule has 2 aromatic rings. The van der Waals surface area contributed by atoms with Crippen LogP contribution in [0.4, 0.5) is 30.8 Å². The fourth-order valence-corrected chi connectivity index (χ4v) is 3.02. The van der Waals surface area contributed by atoms with Crippen molar-refractivity contribution in [3.63, 3.8) is 0 Å². The number of alkyl halides is 3. The van der Waals surface area contributed by atoms with Crippen molar-refractivity contribution in [3.05, 3.63) is 34.4 Å². The number of nitrogens with zero attached hydrogens (tertiary/aromatic N) is 2. The Balaban J connectivity index is 0.00000243. The van der Waals surface area contributed by atoms with Gasteiger partial charge in [0.25, 0.3) is 0 Å². The van der Waals surface area contributed by atoms with E-state index in [0.717, 1.165) is 6.07 Å². The third kappa shape index (κ3) is 4.22. The predicted octanol–water partition coefficient (Wildman–Crippen LogP) is 3.64. The number of aromatic amines is 1. The molecule has 1 aromatic heterocycles. The van der Waals surface area contributed by atoms with E-state index in [9.17, 15) is 13.2 Å². The van der Waals surface area contributed by atoms with Crippen LogP contribution in [0.1, 0.15) is 17.5 Å². The predicted molar refractivity (Wildman–Crippen MR) is 98.1 cm³/mol. The lowest BCUT2D eigenvalue weighted by Crippen LogP contribution is -2.23. The highest BCUT2D eigenvalue weighted by Crippen LogP contribution is 2.41. The van der Waals surface area contributed by atoms with Gasteiger partial charge in [0.15, 0.2) is 6.67 Å². The topological polar surface area (TPSA) is 91.7 Å². The monoisotopic (exact) mass is 408 g/mol. The number of halogens is 5. The van der Waals surface area contributed by atoms with E-state index in [4.69, 9.17) is 17.3 Å². The summed E-state index contributed by atoms with van der Waals surface area (Å²) >= 11 is 6.27. The lowest BCUT2D eigenvalue weighted by Gasteiger charge is -2.23. The maximum Gasteiger partial charge on any atom is 0.301 e. The van der Waals surface area contributed by atoms with E-state index in [1.807, 2.05) is 0 Å². The van der Waals surface area contributed by atoms with Crippen LogP contribution in [0, 0.1) is 0 Å². The number of nitrogens with two attached hydrogens (primary N) is 1. The fourth-order valence-electron chi connectivity index (χ4n) is 2.67. The normalized spacial score (nSPS) is 14.5. The van der Waals surface area contributed by atoms with Crippen molar-refractivity contribution in [1.29, 1.82) is 0 Å². The van der Waals surface area contributed by atoms with Gasteiger partial charge in [0.05, 0.1) is 5.02 Å². The summed E-state index contributed by atoms with van der Waals surface area (Å²) in [4.78, 5) is 3.84. The number of hydrogen-bond acceptors (Lipinski definition) is 5. The van der Waals surface area contributed by atoms with E-state index in [0.29, 0.717) is 25.1 Å². The van der Waals surface area contributed by atoms with Gasteiger partial charge in [-0.2, -0.15) is 13.8 Å². The van der Waals surface area contributed by atoms with Gasteiger partial charge in [-0.1, -0.05) is 17.7 Å². The molecule has 2 heterocycles. The molecule has 142 valence electrons. The standard InChI is InChI=1S/C15H16ClF3N6.ClH/c16-11-6-9(22-14-23-13(20)24-25-14)5-10(15(18,19)7-17)12(11)8-1-3-21-4-2-8;/h1,5-6,21H,2-4,7H2,(H4,20,22,23,24,25);1H. The number of H-pyrrole nitrogens is 1. The molecule has 1 aliphatic rings. The Kier molecular flexibility index (Phi) is 6.38. The summed E-state index contributed by atoms with van der Waals surface area (Å²) in [6, 6.07) is 2.64. The Morgan fingerprint density at radius 1 is 1.35 bits per heavy atom. The fraction of sp³-hybridized carbons (Fsp3) is 0.333. The van der Waals surface area contributed by atoms with E-state index in [-0.39, 0.29) is 40.6 Å². The van der Waals surface area contributed by atoms with Gasteiger partial charge in [0.2, 0.25) is 11.9 Å². The average molecular weight is 409 g/mol. The van der Waals surface area contributed by atoms with Crippen LogP contribution in [0.25, 0.3) is 5.57 Å². The minimum absolute atomic E-state index is 0. The summed E-state index contributed by atoms with van der Waals surface area (Å²) in [7, 11) is 0. The first-order chi connectivity index (χ1) is 11.9. The molecule has 1 aliphatic heterocycles. The van der Waals surface area contributed by atoms with E-state index >= 15 is 0 Å². The first-order valence-corrected chi connectivity index (χ1v) is 7.91. The van der Waals surface area contributed by atoms with Crippen LogP contribution in [-0.2, 0) is 5.92 Å². The van der Waals surface area contributed by atoms with E-state index in [2.05, 4.69) is 25.8 Å². The number of nitrogen functional groups attached to an aromatic ring is 1. The molecule has 0 saturated heterocycles. The molecule has 0 radical (unpaired) electrons. The molecule has 0 spiro atoms. The van der Waals surface area contributed by atoms with Gasteiger partial charge in [-0.25, -0.2) is 9.49 Å². The number of aromatic nitrogens is 3. The van der Waals surface area contributed by atoms with Gasteiger partial charge in [0.1, 0.15) is 0 Å². The summed E-state index contributed by atoms with van der Waals surface area (Å²) in [6.45, 7) is -0.638. The maximum absolute atomic E-state index is 14.2. The van der Waals surface area contributed by atoms with Crippen molar-refractivity contribution in [3.8, 4) is 0 Å². The summed E-state index contributed by atoms with van der Waals surface area (Å²) in [6.07, 6.45) is 2.31. The molecule has 0 aliphatic carbocycles. The molecule has 6 nitrogen and oxygen atoms in total. The molecule has 0 fully saturated rings. The molecule has 3 rings (SSSR count). The van der Waals surface area contributed by atoms with Crippen LogP contribution in [0.3, 0.4) is 0 Å². The average Bonchev–Trinajstić information content (AvgIpc) is 3.00. The van der Waals surface area contributed by atoms with E-state index in [1.165, 1.54) is 6.07 Å².